The molecule has 95 valence electrons. The van der Waals surface area contributed by atoms with E-state index in [1.807, 2.05) is 0 Å². The molecule has 2 aromatic carbocycles. The van der Waals surface area contributed by atoms with Crippen molar-refractivity contribution in [1.82, 2.24) is 0 Å². The molecule has 0 unspecified atom stereocenters. The third-order valence-electron chi connectivity index (χ3n) is 2.64. The molecule has 19 heavy (non-hydrogen) atoms. The van der Waals surface area contributed by atoms with Crippen LogP contribution in [-0.4, -0.2) is 0 Å². The molecule has 1 heterocycles. The molecule has 0 fully saturated rings. The van der Waals surface area contributed by atoms with Crippen molar-refractivity contribution < 1.29 is 13.5 Å². The topological polar surface area (TPSA) is 22.4 Å². The maximum Gasteiger partial charge on any atom is 0.176 e. The predicted molar refractivity (Wildman–Crippen MR) is 71.3 cm³/mol. The van der Waals surface area contributed by atoms with Crippen LogP contribution in [0.2, 0.25) is 5.02 Å². The Morgan fingerprint density at radius 3 is 2.89 bits per heavy atom. The summed E-state index contributed by atoms with van der Waals surface area (Å²) in [6.07, 6.45) is 0. The van der Waals surface area contributed by atoms with Crippen LogP contribution in [-0.2, 0) is 0 Å². The Bertz CT molecular complexity index is 749. The summed E-state index contributed by atoms with van der Waals surface area (Å²) in [5.74, 6) is 1.15. The Balaban J connectivity index is 2.09. The van der Waals surface area contributed by atoms with Crippen molar-refractivity contribution in [2.45, 2.75) is 6.92 Å². The molecular weight excluding hydrogens is 267 g/mol. The summed E-state index contributed by atoms with van der Waals surface area (Å²) in [6, 6.07) is 12.2. The average molecular weight is 276 g/mol. The van der Waals surface area contributed by atoms with Gasteiger partial charge in [0.05, 0.1) is 5.02 Å². The van der Waals surface area contributed by atoms with Gasteiger partial charge in [-0.05, 0) is 31.2 Å². The number of aryl methyl sites for hydroxylation is 1. The van der Waals surface area contributed by atoms with Crippen LogP contribution in [0.5, 0.6) is 11.5 Å². The van der Waals surface area contributed by atoms with Gasteiger partial charge in [-0.25, -0.2) is 4.39 Å². The van der Waals surface area contributed by atoms with E-state index in [4.69, 9.17) is 20.8 Å². The molecule has 3 aromatic rings. The number of benzene rings is 2. The standard InChI is InChI=1S/C15H9ClFO2/c1-9-5-10-6-12(17)8-14(15(10)18-9)19-13-4-2-3-11(16)7-13/h2,4-8H,1H3. The second-order valence-electron chi connectivity index (χ2n) is 4.15. The summed E-state index contributed by atoms with van der Waals surface area (Å²) >= 11 is 5.83. The molecule has 4 heteroatoms. The highest BCUT2D eigenvalue weighted by Crippen LogP contribution is 2.33. The molecule has 0 amide bonds. The number of ether oxygens (including phenoxy) is 1. The summed E-state index contributed by atoms with van der Waals surface area (Å²) < 4.78 is 24.7. The van der Waals surface area contributed by atoms with Gasteiger partial charge in [0.1, 0.15) is 17.3 Å². The average Bonchev–Trinajstić information content (AvgIpc) is 2.69. The first-order chi connectivity index (χ1) is 9.11. The van der Waals surface area contributed by atoms with Gasteiger partial charge >= 0.3 is 0 Å². The van der Waals surface area contributed by atoms with E-state index in [2.05, 4.69) is 6.07 Å². The van der Waals surface area contributed by atoms with Gasteiger partial charge in [0.25, 0.3) is 0 Å². The quantitative estimate of drug-likeness (QED) is 0.647. The summed E-state index contributed by atoms with van der Waals surface area (Å²) in [7, 11) is 0. The highest BCUT2D eigenvalue weighted by molar-refractivity contribution is 6.30. The van der Waals surface area contributed by atoms with Crippen LogP contribution in [0.15, 0.2) is 40.8 Å². The molecular formula is C15H9ClFO2. The Morgan fingerprint density at radius 2 is 2.11 bits per heavy atom. The van der Waals surface area contributed by atoms with Crippen LogP contribution in [0.3, 0.4) is 0 Å². The zero-order chi connectivity index (χ0) is 13.4. The lowest BCUT2D eigenvalue weighted by atomic mass is 10.2. The molecule has 0 aliphatic heterocycles. The van der Waals surface area contributed by atoms with Gasteiger partial charge in [-0.15, -0.1) is 0 Å². The summed E-state index contributed by atoms with van der Waals surface area (Å²) in [4.78, 5) is 0. The largest absolute Gasteiger partial charge is 0.457 e. The molecule has 3 rings (SSSR count). The SMILES string of the molecule is Cc1cc2cc(F)cc(Oc3cc[c]c(Cl)c3)c2o1. The van der Waals surface area contributed by atoms with E-state index in [0.717, 1.165) is 0 Å². The molecule has 0 saturated carbocycles. The normalized spacial score (nSPS) is 10.9. The highest BCUT2D eigenvalue weighted by atomic mass is 35.5. The molecule has 0 aliphatic carbocycles. The van der Waals surface area contributed by atoms with Crippen LogP contribution in [0.25, 0.3) is 11.0 Å². The third kappa shape index (κ3) is 2.42. The first-order valence-corrected chi connectivity index (χ1v) is 6.04. The monoisotopic (exact) mass is 275 g/mol. The van der Waals surface area contributed by atoms with Crippen molar-refractivity contribution in [2.24, 2.45) is 0 Å². The number of furan rings is 1. The van der Waals surface area contributed by atoms with E-state index >= 15 is 0 Å². The molecule has 0 aliphatic rings. The Labute approximate surface area is 114 Å². The minimum atomic E-state index is -0.378. The lowest BCUT2D eigenvalue weighted by Crippen LogP contribution is -1.86. The van der Waals surface area contributed by atoms with Crippen LogP contribution in [0, 0.1) is 18.8 Å². The van der Waals surface area contributed by atoms with E-state index in [1.54, 1.807) is 31.2 Å². The molecule has 1 radical (unpaired) electrons. The zero-order valence-electron chi connectivity index (χ0n) is 10.0. The van der Waals surface area contributed by atoms with E-state index < -0.39 is 0 Å². The molecule has 0 N–H and O–H groups in total. The number of hydrogen-bond donors (Lipinski definition) is 0. The van der Waals surface area contributed by atoms with Gasteiger partial charge in [0.15, 0.2) is 11.3 Å². The maximum atomic E-state index is 13.5. The van der Waals surface area contributed by atoms with Crippen molar-refractivity contribution >= 4 is 22.6 Å². The fourth-order valence-electron chi connectivity index (χ4n) is 1.90. The Kier molecular flexibility index (Phi) is 2.91. The first-order valence-electron chi connectivity index (χ1n) is 5.66. The zero-order valence-corrected chi connectivity index (χ0v) is 10.8. The van der Waals surface area contributed by atoms with Gasteiger partial charge in [0.2, 0.25) is 0 Å². The number of rotatable bonds is 2. The van der Waals surface area contributed by atoms with E-state index in [9.17, 15) is 4.39 Å². The van der Waals surface area contributed by atoms with E-state index in [0.29, 0.717) is 33.3 Å². The summed E-state index contributed by atoms with van der Waals surface area (Å²) in [5.41, 5.74) is 0.517. The molecule has 2 nitrogen and oxygen atoms in total. The Hall–Kier alpha value is -2.00. The van der Waals surface area contributed by atoms with Crippen molar-refractivity contribution in [3.05, 3.63) is 59.1 Å². The predicted octanol–water partition coefficient (Wildman–Crippen LogP) is 5.13. The van der Waals surface area contributed by atoms with Crippen molar-refractivity contribution in [3.8, 4) is 11.5 Å². The molecule has 0 bridgehead atoms. The second kappa shape index (κ2) is 4.59. The van der Waals surface area contributed by atoms with Crippen molar-refractivity contribution in [3.63, 3.8) is 0 Å². The van der Waals surface area contributed by atoms with Crippen LogP contribution in [0.1, 0.15) is 5.76 Å². The number of fused-ring (bicyclic) bond motifs is 1. The lowest BCUT2D eigenvalue weighted by molar-refractivity contribution is 0.464. The highest BCUT2D eigenvalue weighted by Gasteiger charge is 2.11. The Morgan fingerprint density at radius 1 is 1.26 bits per heavy atom. The van der Waals surface area contributed by atoms with Crippen LogP contribution < -0.4 is 4.74 Å². The van der Waals surface area contributed by atoms with Crippen LogP contribution in [0.4, 0.5) is 4.39 Å². The molecule has 1 aromatic heterocycles. The number of hydrogen-bond acceptors (Lipinski definition) is 2. The van der Waals surface area contributed by atoms with E-state index in [-0.39, 0.29) is 5.82 Å². The van der Waals surface area contributed by atoms with Crippen LogP contribution >= 0.6 is 11.6 Å². The van der Waals surface area contributed by atoms with Gasteiger partial charge in [0, 0.05) is 23.6 Å². The number of halogens is 2. The van der Waals surface area contributed by atoms with Gasteiger partial charge in [-0.1, -0.05) is 11.6 Å². The van der Waals surface area contributed by atoms with Gasteiger partial charge < -0.3 is 9.15 Å². The maximum absolute atomic E-state index is 13.5. The van der Waals surface area contributed by atoms with Gasteiger partial charge in [-0.3, -0.25) is 0 Å². The molecule has 0 atom stereocenters. The molecule has 0 saturated heterocycles. The first kappa shape index (κ1) is 12.1. The van der Waals surface area contributed by atoms with Crippen molar-refractivity contribution in [2.75, 3.05) is 0 Å². The summed E-state index contributed by atoms with van der Waals surface area (Å²) in [5, 5.41) is 1.10. The minimum absolute atomic E-state index is 0.324. The third-order valence-corrected chi connectivity index (χ3v) is 2.85. The van der Waals surface area contributed by atoms with Gasteiger partial charge in [-0.2, -0.15) is 0 Å². The molecule has 0 spiro atoms. The minimum Gasteiger partial charge on any atom is -0.457 e. The lowest BCUT2D eigenvalue weighted by Gasteiger charge is -2.06. The smallest absolute Gasteiger partial charge is 0.176 e. The van der Waals surface area contributed by atoms with Crippen molar-refractivity contribution in [1.29, 1.82) is 0 Å². The van der Waals surface area contributed by atoms with E-state index in [1.165, 1.54) is 12.1 Å². The summed E-state index contributed by atoms with van der Waals surface area (Å²) in [6.45, 7) is 1.80. The fourth-order valence-corrected chi connectivity index (χ4v) is 2.07. The fraction of sp³-hybridized carbons (Fsp3) is 0.0667. The second-order valence-corrected chi connectivity index (χ2v) is 4.56.